The zero-order chi connectivity index (χ0) is 19.0. The number of H-pyrrole nitrogens is 1. The molecule has 0 aliphatic carbocycles. The molecule has 1 N–H and O–H groups in total. The van der Waals surface area contributed by atoms with Gasteiger partial charge in [-0.3, -0.25) is 9.59 Å². The van der Waals surface area contributed by atoms with Crippen molar-refractivity contribution < 1.29 is 9.18 Å². The average molecular weight is 376 g/mol. The van der Waals surface area contributed by atoms with E-state index in [0.29, 0.717) is 22.5 Å². The van der Waals surface area contributed by atoms with Crippen LogP contribution in [-0.2, 0) is 0 Å². The van der Waals surface area contributed by atoms with Crippen LogP contribution in [0.4, 0.5) is 4.39 Å². The fourth-order valence-corrected chi connectivity index (χ4v) is 3.28. The SMILES string of the molecule is O=Cc1cc(-c2cc(=O)c(-c3ccccc3F)c[nH]2)nc2ccc(P)cc12. The highest BCUT2D eigenvalue weighted by atomic mass is 31.0. The Kier molecular flexibility index (Phi) is 4.38. The maximum atomic E-state index is 14.0. The lowest BCUT2D eigenvalue weighted by Crippen LogP contribution is -2.07. The first kappa shape index (κ1) is 17.3. The molecule has 1 unspecified atom stereocenters. The molecular formula is C21H14FN2O2P. The lowest BCUT2D eigenvalue weighted by molar-refractivity contribution is 0.112. The number of aldehydes is 1. The van der Waals surface area contributed by atoms with Gasteiger partial charge in [-0.05, 0) is 29.6 Å². The third-order valence-electron chi connectivity index (χ3n) is 4.34. The number of hydrogen-bond acceptors (Lipinski definition) is 3. The third-order valence-corrected chi connectivity index (χ3v) is 4.70. The van der Waals surface area contributed by atoms with Crippen molar-refractivity contribution in [2.45, 2.75) is 0 Å². The van der Waals surface area contributed by atoms with Crippen LogP contribution >= 0.6 is 9.24 Å². The minimum absolute atomic E-state index is 0.235. The number of aromatic nitrogens is 2. The Labute approximate surface area is 156 Å². The molecule has 0 spiro atoms. The second-order valence-corrected chi connectivity index (χ2v) is 6.76. The second-order valence-electron chi connectivity index (χ2n) is 6.10. The van der Waals surface area contributed by atoms with Gasteiger partial charge in [0.25, 0.3) is 0 Å². The third kappa shape index (κ3) is 3.18. The van der Waals surface area contributed by atoms with Crippen LogP contribution in [0.5, 0.6) is 0 Å². The summed E-state index contributed by atoms with van der Waals surface area (Å²) in [6.45, 7) is 0. The van der Waals surface area contributed by atoms with Crippen molar-refractivity contribution in [2.24, 2.45) is 0 Å². The zero-order valence-corrected chi connectivity index (χ0v) is 15.2. The molecule has 4 nitrogen and oxygen atoms in total. The highest BCUT2D eigenvalue weighted by Gasteiger charge is 2.12. The molecule has 27 heavy (non-hydrogen) atoms. The predicted octanol–water partition coefficient (Wildman–Crippen LogP) is 3.71. The summed E-state index contributed by atoms with van der Waals surface area (Å²) >= 11 is 0. The van der Waals surface area contributed by atoms with Crippen LogP contribution in [0.2, 0.25) is 0 Å². The molecule has 0 radical (unpaired) electrons. The van der Waals surface area contributed by atoms with Gasteiger partial charge in [0.1, 0.15) is 5.82 Å². The number of carbonyl (C=O) groups is 1. The van der Waals surface area contributed by atoms with Gasteiger partial charge in [-0.25, -0.2) is 9.37 Å². The minimum Gasteiger partial charge on any atom is -0.359 e. The van der Waals surface area contributed by atoms with Crippen molar-refractivity contribution in [1.82, 2.24) is 9.97 Å². The van der Waals surface area contributed by atoms with Gasteiger partial charge in [0.15, 0.2) is 11.7 Å². The first-order valence-corrected chi connectivity index (χ1v) is 8.78. The van der Waals surface area contributed by atoms with Crippen molar-refractivity contribution in [3.63, 3.8) is 0 Å². The van der Waals surface area contributed by atoms with E-state index in [9.17, 15) is 14.0 Å². The normalized spacial score (nSPS) is 10.9. The molecule has 4 aromatic rings. The van der Waals surface area contributed by atoms with Crippen LogP contribution in [0.15, 0.2) is 65.6 Å². The van der Waals surface area contributed by atoms with Crippen LogP contribution < -0.4 is 10.7 Å². The van der Waals surface area contributed by atoms with E-state index in [1.165, 1.54) is 18.3 Å². The molecule has 0 saturated carbocycles. The summed E-state index contributed by atoms with van der Waals surface area (Å²) in [5.74, 6) is -0.462. The maximum absolute atomic E-state index is 14.0. The second kappa shape index (κ2) is 6.86. The summed E-state index contributed by atoms with van der Waals surface area (Å²) in [6, 6.07) is 14.7. The first-order chi connectivity index (χ1) is 13.1. The number of halogens is 1. The summed E-state index contributed by atoms with van der Waals surface area (Å²) in [4.78, 5) is 31.6. The van der Waals surface area contributed by atoms with Crippen molar-refractivity contribution >= 4 is 31.7 Å². The van der Waals surface area contributed by atoms with Crippen molar-refractivity contribution in [3.05, 3.63) is 82.4 Å². The predicted molar refractivity (Wildman–Crippen MR) is 108 cm³/mol. The van der Waals surface area contributed by atoms with Crippen LogP contribution in [0, 0.1) is 5.82 Å². The molecule has 1 atom stereocenters. The van der Waals surface area contributed by atoms with E-state index in [4.69, 9.17) is 0 Å². The van der Waals surface area contributed by atoms with E-state index in [0.717, 1.165) is 17.0 Å². The van der Waals surface area contributed by atoms with Gasteiger partial charge in [-0.2, -0.15) is 0 Å². The topological polar surface area (TPSA) is 62.8 Å². The summed E-state index contributed by atoms with van der Waals surface area (Å²) < 4.78 is 14.0. The van der Waals surface area contributed by atoms with E-state index >= 15 is 0 Å². The smallest absolute Gasteiger partial charge is 0.190 e. The molecule has 0 fully saturated rings. The van der Waals surface area contributed by atoms with Crippen molar-refractivity contribution in [3.8, 4) is 22.5 Å². The molecule has 0 aliphatic heterocycles. The standard InChI is InChI=1S/C21H14FN2O2P/c22-17-4-2-1-3-14(17)16-10-23-19(9-21(16)26)20-7-12(11-25)15-8-13(27)5-6-18(15)24-20/h1-11H,27H2,(H,23,26). The molecule has 2 heterocycles. The van der Waals surface area contributed by atoms with Gasteiger partial charge in [-0.1, -0.05) is 24.3 Å². The van der Waals surface area contributed by atoms with Crippen molar-refractivity contribution in [2.75, 3.05) is 0 Å². The largest absolute Gasteiger partial charge is 0.359 e. The fraction of sp³-hybridized carbons (Fsp3) is 0. The number of fused-ring (bicyclic) bond motifs is 1. The molecule has 132 valence electrons. The number of rotatable bonds is 3. The number of carbonyl (C=O) groups excluding carboxylic acids is 1. The van der Waals surface area contributed by atoms with Crippen LogP contribution in [-0.4, -0.2) is 16.3 Å². The lowest BCUT2D eigenvalue weighted by atomic mass is 10.0. The summed E-state index contributed by atoms with van der Waals surface area (Å²) in [5.41, 5.74) is 2.21. The van der Waals surface area contributed by atoms with Gasteiger partial charge in [0.2, 0.25) is 0 Å². The average Bonchev–Trinajstić information content (AvgIpc) is 2.68. The number of aromatic amines is 1. The maximum Gasteiger partial charge on any atom is 0.190 e. The Morgan fingerprint density at radius 3 is 2.59 bits per heavy atom. The molecular weight excluding hydrogens is 362 g/mol. The molecule has 0 bridgehead atoms. The summed E-state index contributed by atoms with van der Waals surface area (Å²) in [7, 11) is 2.58. The van der Waals surface area contributed by atoms with Crippen molar-refractivity contribution in [1.29, 1.82) is 0 Å². The summed E-state index contributed by atoms with van der Waals surface area (Å²) in [5, 5.41) is 1.69. The Morgan fingerprint density at radius 2 is 1.85 bits per heavy atom. The fourth-order valence-electron chi connectivity index (χ4n) is 3.01. The molecule has 2 aromatic heterocycles. The quantitative estimate of drug-likeness (QED) is 0.438. The first-order valence-electron chi connectivity index (χ1n) is 8.20. The molecule has 0 amide bonds. The van der Waals surface area contributed by atoms with Gasteiger partial charge in [0.05, 0.1) is 16.9 Å². The van der Waals surface area contributed by atoms with E-state index in [1.807, 2.05) is 18.2 Å². The van der Waals surface area contributed by atoms with Gasteiger partial charge >= 0.3 is 0 Å². The van der Waals surface area contributed by atoms with Crippen LogP contribution in [0.25, 0.3) is 33.4 Å². The molecule has 4 rings (SSSR count). The van der Waals surface area contributed by atoms with Crippen LogP contribution in [0.1, 0.15) is 10.4 Å². The van der Waals surface area contributed by atoms with Gasteiger partial charge < -0.3 is 4.98 Å². The zero-order valence-electron chi connectivity index (χ0n) is 14.1. The number of nitrogens with zero attached hydrogens (tertiary/aromatic N) is 1. The Bertz CT molecular complexity index is 1250. The number of benzene rings is 2. The highest BCUT2D eigenvalue weighted by Crippen LogP contribution is 2.24. The number of pyridine rings is 2. The molecule has 0 saturated heterocycles. The number of hydrogen-bond donors (Lipinski definition) is 1. The number of nitrogens with one attached hydrogen (secondary N) is 1. The van der Waals surface area contributed by atoms with Gasteiger partial charge in [0, 0.05) is 34.3 Å². The Balaban J connectivity index is 1.86. The summed E-state index contributed by atoms with van der Waals surface area (Å²) in [6.07, 6.45) is 2.23. The van der Waals surface area contributed by atoms with E-state index in [2.05, 4.69) is 19.2 Å². The minimum atomic E-state index is -0.462. The van der Waals surface area contributed by atoms with E-state index in [1.54, 1.807) is 24.3 Å². The monoisotopic (exact) mass is 376 g/mol. The Morgan fingerprint density at radius 1 is 1.04 bits per heavy atom. The molecule has 6 heteroatoms. The lowest BCUT2D eigenvalue weighted by Gasteiger charge is -2.08. The highest BCUT2D eigenvalue weighted by molar-refractivity contribution is 7.27. The molecule has 2 aromatic carbocycles. The van der Waals surface area contributed by atoms with E-state index in [-0.39, 0.29) is 16.6 Å². The van der Waals surface area contributed by atoms with E-state index < -0.39 is 5.82 Å². The van der Waals surface area contributed by atoms with Gasteiger partial charge in [-0.15, -0.1) is 9.24 Å². The Hall–Kier alpha value is -3.17. The van der Waals surface area contributed by atoms with Crippen LogP contribution in [0.3, 0.4) is 0 Å². The molecule has 0 aliphatic rings.